The zero-order valence-electron chi connectivity index (χ0n) is 21.8. The average Bonchev–Trinajstić information content (AvgIpc) is 3.55. The molecular formula is C31H40O4. The number of esters is 2. The van der Waals surface area contributed by atoms with Gasteiger partial charge in [-0.25, -0.2) is 9.59 Å². The fourth-order valence-electron chi connectivity index (χ4n) is 7.29. The standard InChI is InChI=1S/C31H40O4/c1-6-20(3)29-23(15-11-12-16-26(32)34-7-2)27-21(4)17-18-25(28(27)24-19-31(24,29)5)35-30(33)22-13-9-8-10-14-22/h6,8-16,21,23-25,27-29H,7,17-19H2,1-5H3/t21-,23-,24+,25-,27-,28-,29-,31+/m0/s1. The van der Waals surface area contributed by atoms with Crippen molar-refractivity contribution in [3.05, 3.63) is 71.8 Å². The number of carbonyl (C=O) groups is 2. The Morgan fingerprint density at radius 2 is 1.86 bits per heavy atom. The van der Waals surface area contributed by atoms with Crippen molar-refractivity contribution in [1.29, 1.82) is 0 Å². The molecule has 0 aliphatic heterocycles. The zero-order valence-corrected chi connectivity index (χ0v) is 21.8. The van der Waals surface area contributed by atoms with Crippen molar-refractivity contribution >= 4 is 11.9 Å². The molecule has 3 aliphatic carbocycles. The van der Waals surface area contributed by atoms with E-state index >= 15 is 0 Å². The van der Waals surface area contributed by atoms with Crippen LogP contribution in [0.4, 0.5) is 0 Å². The first-order chi connectivity index (χ1) is 16.8. The Morgan fingerprint density at radius 3 is 2.54 bits per heavy atom. The molecule has 1 aromatic rings. The lowest BCUT2D eigenvalue weighted by Gasteiger charge is -2.52. The predicted molar refractivity (Wildman–Crippen MR) is 139 cm³/mol. The van der Waals surface area contributed by atoms with Crippen molar-refractivity contribution in [3.63, 3.8) is 0 Å². The maximum absolute atomic E-state index is 13.0. The molecule has 3 saturated carbocycles. The highest BCUT2D eigenvalue weighted by molar-refractivity contribution is 5.89. The van der Waals surface area contributed by atoms with Crippen LogP contribution in [0.3, 0.4) is 0 Å². The number of hydrogen-bond donors (Lipinski definition) is 0. The van der Waals surface area contributed by atoms with E-state index in [-0.39, 0.29) is 23.5 Å². The Balaban J connectivity index is 1.63. The first kappa shape index (κ1) is 25.5. The SMILES string of the molecule is CC=C(C)[C@H]1[C@@H](C=CC=CC(=O)OCC)[C@H]2[C@H]([C@@H](OC(=O)c3ccccc3)CC[C@@H]2C)[C@H]2C[C@]21C. The summed E-state index contributed by atoms with van der Waals surface area (Å²) in [7, 11) is 0. The molecule has 0 spiro atoms. The van der Waals surface area contributed by atoms with Crippen molar-refractivity contribution in [1.82, 2.24) is 0 Å². The maximum atomic E-state index is 13.0. The quantitative estimate of drug-likeness (QED) is 0.188. The molecule has 0 unspecified atom stereocenters. The summed E-state index contributed by atoms with van der Waals surface area (Å²) in [5, 5.41) is 0. The van der Waals surface area contributed by atoms with Gasteiger partial charge >= 0.3 is 11.9 Å². The van der Waals surface area contributed by atoms with Crippen LogP contribution in [0.1, 0.15) is 64.2 Å². The molecule has 0 radical (unpaired) electrons. The van der Waals surface area contributed by atoms with Crippen LogP contribution in [0.25, 0.3) is 0 Å². The molecule has 0 N–H and O–H groups in total. The second-order valence-corrected chi connectivity index (χ2v) is 10.9. The van der Waals surface area contributed by atoms with E-state index in [1.54, 1.807) is 6.08 Å². The lowest BCUT2D eigenvalue weighted by Crippen LogP contribution is -2.51. The van der Waals surface area contributed by atoms with Crippen LogP contribution in [-0.4, -0.2) is 24.6 Å². The highest BCUT2D eigenvalue weighted by Crippen LogP contribution is 2.73. The fourth-order valence-corrected chi connectivity index (χ4v) is 7.29. The molecule has 0 amide bonds. The third-order valence-corrected chi connectivity index (χ3v) is 8.97. The van der Waals surface area contributed by atoms with Crippen molar-refractivity contribution in [2.24, 2.45) is 40.9 Å². The minimum Gasteiger partial charge on any atom is -0.463 e. The van der Waals surface area contributed by atoms with Gasteiger partial charge in [0.05, 0.1) is 12.2 Å². The summed E-state index contributed by atoms with van der Waals surface area (Å²) in [6, 6.07) is 9.36. The number of ether oxygens (including phenoxy) is 2. The van der Waals surface area contributed by atoms with E-state index in [0.29, 0.717) is 47.7 Å². The van der Waals surface area contributed by atoms with E-state index in [1.807, 2.05) is 43.3 Å². The van der Waals surface area contributed by atoms with Gasteiger partial charge < -0.3 is 9.47 Å². The summed E-state index contributed by atoms with van der Waals surface area (Å²) < 4.78 is 11.3. The predicted octanol–water partition coefficient (Wildman–Crippen LogP) is 6.79. The summed E-state index contributed by atoms with van der Waals surface area (Å²) >= 11 is 0. The smallest absolute Gasteiger partial charge is 0.338 e. The molecule has 8 atom stereocenters. The highest BCUT2D eigenvalue weighted by Gasteiger charge is 2.68. The van der Waals surface area contributed by atoms with E-state index in [9.17, 15) is 9.59 Å². The molecule has 0 bridgehead atoms. The van der Waals surface area contributed by atoms with E-state index in [1.165, 1.54) is 18.1 Å². The number of benzene rings is 1. The molecule has 3 fully saturated rings. The molecule has 0 heterocycles. The van der Waals surface area contributed by atoms with Crippen molar-refractivity contribution in [2.45, 2.75) is 60.0 Å². The number of rotatable bonds is 7. The second-order valence-electron chi connectivity index (χ2n) is 10.9. The lowest BCUT2D eigenvalue weighted by molar-refractivity contribution is -0.137. The van der Waals surface area contributed by atoms with E-state index < -0.39 is 0 Å². The number of fused-ring (bicyclic) bond motifs is 3. The number of carbonyl (C=O) groups excluding carboxylic acids is 2. The minimum absolute atomic E-state index is 0.0476. The van der Waals surface area contributed by atoms with Crippen LogP contribution >= 0.6 is 0 Å². The molecular weight excluding hydrogens is 436 g/mol. The first-order valence-electron chi connectivity index (χ1n) is 13.2. The summed E-state index contributed by atoms with van der Waals surface area (Å²) in [6.45, 7) is 11.4. The Kier molecular flexibility index (Phi) is 7.68. The summed E-state index contributed by atoms with van der Waals surface area (Å²) in [6.07, 6.45) is 13.0. The van der Waals surface area contributed by atoms with Crippen LogP contribution < -0.4 is 0 Å². The topological polar surface area (TPSA) is 52.6 Å². The highest BCUT2D eigenvalue weighted by atomic mass is 16.5. The van der Waals surface area contributed by atoms with Crippen LogP contribution in [0.5, 0.6) is 0 Å². The van der Waals surface area contributed by atoms with Crippen molar-refractivity contribution < 1.29 is 19.1 Å². The van der Waals surface area contributed by atoms with Gasteiger partial charge in [0.25, 0.3) is 0 Å². The zero-order chi connectivity index (χ0) is 25.2. The Labute approximate surface area is 210 Å². The van der Waals surface area contributed by atoms with Gasteiger partial charge in [0.15, 0.2) is 0 Å². The number of hydrogen-bond acceptors (Lipinski definition) is 4. The second kappa shape index (κ2) is 10.6. The molecule has 1 aromatic carbocycles. The molecule has 3 aliphatic rings. The third kappa shape index (κ3) is 5.03. The molecule has 4 rings (SSSR count). The van der Waals surface area contributed by atoms with Crippen LogP contribution in [0.2, 0.25) is 0 Å². The fraction of sp³-hybridized carbons (Fsp3) is 0.548. The molecule has 4 nitrogen and oxygen atoms in total. The molecule has 4 heteroatoms. The minimum atomic E-state index is -0.312. The monoisotopic (exact) mass is 476 g/mol. The van der Waals surface area contributed by atoms with Gasteiger partial charge in [-0.05, 0) is 87.2 Å². The lowest BCUT2D eigenvalue weighted by atomic mass is 9.53. The first-order valence-corrected chi connectivity index (χ1v) is 13.2. The van der Waals surface area contributed by atoms with Gasteiger partial charge in [-0.1, -0.05) is 61.9 Å². The molecule has 188 valence electrons. The summed E-state index contributed by atoms with van der Waals surface area (Å²) in [4.78, 5) is 24.8. The average molecular weight is 477 g/mol. The van der Waals surface area contributed by atoms with E-state index in [0.717, 1.165) is 12.8 Å². The van der Waals surface area contributed by atoms with Crippen LogP contribution in [0.15, 0.2) is 66.3 Å². The molecule has 0 aromatic heterocycles. The Bertz CT molecular complexity index is 1010. The van der Waals surface area contributed by atoms with Gasteiger partial charge in [0, 0.05) is 12.0 Å². The van der Waals surface area contributed by atoms with Crippen LogP contribution in [-0.2, 0) is 14.3 Å². The Morgan fingerprint density at radius 1 is 1.11 bits per heavy atom. The maximum Gasteiger partial charge on any atom is 0.338 e. The van der Waals surface area contributed by atoms with Crippen molar-refractivity contribution in [2.75, 3.05) is 6.61 Å². The van der Waals surface area contributed by atoms with Gasteiger partial charge in [-0.15, -0.1) is 0 Å². The normalized spacial score (nSPS) is 36.5. The molecule has 0 saturated heterocycles. The largest absolute Gasteiger partial charge is 0.463 e. The third-order valence-electron chi connectivity index (χ3n) is 8.97. The number of allylic oxidation sites excluding steroid dienone is 5. The van der Waals surface area contributed by atoms with Gasteiger partial charge in [-0.2, -0.15) is 0 Å². The van der Waals surface area contributed by atoms with E-state index in [2.05, 4.69) is 39.8 Å². The van der Waals surface area contributed by atoms with Gasteiger partial charge in [0.1, 0.15) is 6.10 Å². The van der Waals surface area contributed by atoms with Crippen LogP contribution in [0, 0.1) is 40.9 Å². The van der Waals surface area contributed by atoms with Gasteiger partial charge in [0.2, 0.25) is 0 Å². The summed E-state index contributed by atoms with van der Waals surface area (Å²) in [5.41, 5.74) is 2.28. The summed E-state index contributed by atoms with van der Waals surface area (Å²) in [5.74, 6) is 2.19. The van der Waals surface area contributed by atoms with E-state index in [4.69, 9.17) is 9.47 Å². The van der Waals surface area contributed by atoms with Gasteiger partial charge in [-0.3, -0.25) is 0 Å². The van der Waals surface area contributed by atoms with Crippen molar-refractivity contribution in [3.8, 4) is 0 Å². The Hall–Kier alpha value is -2.62. The molecule has 35 heavy (non-hydrogen) atoms.